The predicted octanol–water partition coefficient (Wildman–Crippen LogP) is 1.73. The summed E-state index contributed by atoms with van der Waals surface area (Å²) in [6.07, 6.45) is 0.892. The molecule has 1 heterocycles. The molecule has 20 heavy (non-hydrogen) atoms. The predicted molar refractivity (Wildman–Crippen MR) is 78.5 cm³/mol. The van der Waals surface area contributed by atoms with Crippen LogP contribution in [0.15, 0.2) is 24.3 Å². The zero-order valence-electron chi connectivity index (χ0n) is 12.0. The molecule has 1 aliphatic heterocycles. The Kier molecular flexibility index (Phi) is 4.84. The van der Waals surface area contributed by atoms with Crippen molar-refractivity contribution in [2.45, 2.75) is 32.4 Å². The summed E-state index contributed by atoms with van der Waals surface area (Å²) in [6.45, 7) is 5.82. The molecule has 1 unspecified atom stereocenters. The maximum atomic E-state index is 11.4. The van der Waals surface area contributed by atoms with Gasteiger partial charge in [-0.05, 0) is 18.6 Å². The van der Waals surface area contributed by atoms with E-state index >= 15 is 0 Å². The Morgan fingerprint density at radius 1 is 1.45 bits per heavy atom. The van der Waals surface area contributed by atoms with Crippen LogP contribution in [0.4, 0.5) is 5.69 Å². The zero-order valence-corrected chi connectivity index (χ0v) is 12.0. The number of carboxylic acid groups (broad SMARTS) is 1. The molecule has 2 N–H and O–H groups in total. The zero-order chi connectivity index (χ0) is 14.5. The lowest BCUT2D eigenvalue weighted by molar-refractivity contribution is -0.139. The van der Waals surface area contributed by atoms with E-state index in [1.165, 1.54) is 0 Å². The van der Waals surface area contributed by atoms with Crippen LogP contribution in [-0.4, -0.2) is 42.9 Å². The first-order chi connectivity index (χ1) is 9.58. The van der Waals surface area contributed by atoms with Crippen molar-refractivity contribution in [1.82, 2.24) is 5.32 Å². The molecule has 0 radical (unpaired) electrons. The average molecular weight is 278 g/mol. The van der Waals surface area contributed by atoms with Gasteiger partial charge in [0.1, 0.15) is 11.8 Å². The van der Waals surface area contributed by atoms with Crippen molar-refractivity contribution in [1.29, 1.82) is 0 Å². The third kappa shape index (κ3) is 3.63. The summed E-state index contributed by atoms with van der Waals surface area (Å²) >= 11 is 0. The van der Waals surface area contributed by atoms with Gasteiger partial charge in [0.25, 0.3) is 0 Å². The highest BCUT2D eigenvalue weighted by molar-refractivity contribution is 5.75. The monoisotopic (exact) mass is 278 g/mol. The van der Waals surface area contributed by atoms with Gasteiger partial charge in [-0.1, -0.05) is 26.0 Å². The number of anilines is 1. The summed E-state index contributed by atoms with van der Waals surface area (Å²) in [5.74, 6) is 0.0139. The number of rotatable bonds is 5. The van der Waals surface area contributed by atoms with Crippen LogP contribution in [0.1, 0.15) is 20.3 Å². The molecule has 110 valence electrons. The third-order valence-corrected chi connectivity index (χ3v) is 3.27. The molecule has 0 saturated heterocycles. The number of ether oxygens (including phenoxy) is 1. The van der Waals surface area contributed by atoms with E-state index in [9.17, 15) is 9.90 Å². The Labute approximate surface area is 119 Å². The Morgan fingerprint density at radius 2 is 2.20 bits per heavy atom. The number of fused-ring (bicyclic) bond motifs is 1. The molecule has 2 rings (SSSR count). The van der Waals surface area contributed by atoms with Crippen LogP contribution in [0.3, 0.4) is 0 Å². The Balaban J connectivity index is 2.16. The molecule has 1 aromatic rings. The maximum absolute atomic E-state index is 11.4. The van der Waals surface area contributed by atoms with Crippen LogP contribution in [-0.2, 0) is 4.79 Å². The lowest BCUT2D eigenvalue weighted by Gasteiger charge is -2.28. The second kappa shape index (κ2) is 6.61. The molecule has 5 nitrogen and oxygen atoms in total. The van der Waals surface area contributed by atoms with Crippen molar-refractivity contribution in [2.24, 2.45) is 0 Å². The molecule has 0 fully saturated rings. The molecule has 1 aromatic carbocycles. The summed E-state index contributed by atoms with van der Waals surface area (Å²) in [7, 11) is 0. The molecule has 0 spiro atoms. The van der Waals surface area contributed by atoms with E-state index < -0.39 is 12.0 Å². The molecule has 1 aliphatic rings. The van der Waals surface area contributed by atoms with Crippen LogP contribution < -0.4 is 15.0 Å². The van der Waals surface area contributed by atoms with Crippen molar-refractivity contribution < 1.29 is 14.6 Å². The molecular weight excluding hydrogens is 256 g/mol. The number of carbonyl (C=O) groups is 1. The van der Waals surface area contributed by atoms with Crippen molar-refractivity contribution in [3.63, 3.8) is 0 Å². The van der Waals surface area contributed by atoms with Gasteiger partial charge in [-0.2, -0.15) is 0 Å². The normalized spacial score (nSPS) is 16.2. The number of nitrogens with one attached hydrogen (secondary N) is 1. The minimum absolute atomic E-state index is 0.134. The molecule has 0 aliphatic carbocycles. The third-order valence-electron chi connectivity index (χ3n) is 3.27. The molecule has 0 saturated carbocycles. The van der Waals surface area contributed by atoms with Gasteiger partial charge >= 0.3 is 5.97 Å². The van der Waals surface area contributed by atoms with E-state index in [-0.39, 0.29) is 6.04 Å². The molecular formula is C15H22N2O3. The Bertz CT molecular complexity index is 462. The van der Waals surface area contributed by atoms with Gasteiger partial charge in [0.05, 0.1) is 12.3 Å². The van der Waals surface area contributed by atoms with Crippen molar-refractivity contribution >= 4 is 11.7 Å². The number of carboxylic acids is 1. The van der Waals surface area contributed by atoms with Crippen LogP contribution in [0.2, 0.25) is 0 Å². The number of hydrogen-bond acceptors (Lipinski definition) is 4. The van der Waals surface area contributed by atoms with Crippen molar-refractivity contribution in [3.8, 4) is 5.75 Å². The molecule has 0 bridgehead atoms. The van der Waals surface area contributed by atoms with E-state index in [0.29, 0.717) is 13.2 Å². The first-order valence-electron chi connectivity index (χ1n) is 7.03. The maximum Gasteiger partial charge on any atom is 0.322 e. The minimum Gasteiger partial charge on any atom is -0.491 e. The van der Waals surface area contributed by atoms with Crippen molar-refractivity contribution in [3.05, 3.63) is 24.3 Å². The van der Waals surface area contributed by atoms with Crippen LogP contribution in [0.25, 0.3) is 0 Å². The number of nitrogens with zero attached hydrogens (tertiary/aromatic N) is 1. The Morgan fingerprint density at radius 3 is 2.90 bits per heavy atom. The highest BCUT2D eigenvalue weighted by atomic mass is 16.5. The van der Waals surface area contributed by atoms with Gasteiger partial charge in [0, 0.05) is 19.1 Å². The lowest BCUT2D eigenvalue weighted by atomic mass is 10.2. The van der Waals surface area contributed by atoms with E-state index in [1.807, 2.05) is 38.1 Å². The highest BCUT2D eigenvalue weighted by Crippen LogP contribution is 2.30. The summed E-state index contributed by atoms with van der Waals surface area (Å²) in [5.41, 5.74) is 0.974. The van der Waals surface area contributed by atoms with Crippen molar-refractivity contribution in [2.75, 3.05) is 24.6 Å². The fraction of sp³-hybridized carbons (Fsp3) is 0.533. The standard InChI is InChI=1S/C15H22N2O3/c1-11(2)16-12(15(18)19)10-17-8-5-9-20-14-7-4-3-6-13(14)17/h3-4,6-7,11-12,16H,5,8-10H2,1-2H3,(H,18,19). The molecule has 1 atom stereocenters. The molecule has 0 aromatic heterocycles. The van der Waals surface area contributed by atoms with E-state index in [2.05, 4.69) is 10.2 Å². The van der Waals surface area contributed by atoms with Gasteiger partial charge in [-0.15, -0.1) is 0 Å². The Hall–Kier alpha value is -1.75. The van der Waals surface area contributed by atoms with E-state index in [4.69, 9.17) is 4.74 Å². The number of benzene rings is 1. The van der Waals surface area contributed by atoms with Crippen LogP contribution in [0.5, 0.6) is 5.75 Å². The van der Waals surface area contributed by atoms with Gasteiger partial charge in [-0.25, -0.2) is 0 Å². The fourth-order valence-electron chi connectivity index (χ4n) is 2.41. The minimum atomic E-state index is -0.818. The summed E-state index contributed by atoms with van der Waals surface area (Å²) < 4.78 is 5.69. The first-order valence-corrected chi connectivity index (χ1v) is 7.03. The quantitative estimate of drug-likeness (QED) is 0.859. The van der Waals surface area contributed by atoms with Gasteiger partial charge in [-0.3, -0.25) is 4.79 Å². The number of aliphatic carboxylic acids is 1. The van der Waals surface area contributed by atoms with E-state index in [0.717, 1.165) is 24.4 Å². The summed E-state index contributed by atoms with van der Waals surface area (Å²) in [6, 6.07) is 7.35. The SMILES string of the molecule is CC(C)NC(CN1CCCOc2ccccc21)C(=O)O. The van der Waals surface area contributed by atoms with Gasteiger partial charge in [0.15, 0.2) is 0 Å². The molecule has 5 heteroatoms. The summed E-state index contributed by atoms with van der Waals surface area (Å²) in [4.78, 5) is 13.5. The highest BCUT2D eigenvalue weighted by Gasteiger charge is 2.24. The lowest BCUT2D eigenvalue weighted by Crippen LogP contribution is -2.48. The summed E-state index contributed by atoms with van der Waals surface area (Å²) in [5, 5.41) is 12.4. The van der Waals surface area contributed by atoms with Crippen LogP contribution >= 0.6 is 0 Å². The topological polar surface area (TPSA) is 61.8 Å². The van der Waals surface area contributed by atoms with E-state index in [1.54, 1.807) is 0 Å². The number of hydrogen-bond donors (Lipinski definition) is 2. The average Bonchev–Trinajstić information content (AvgIpc) is 2.60. The smallest absolute Gasteiger partial charge is 0.322 e. The first kappa shape index (κ1) is 14.7. The fourth-order valence-corrected chi connectivity index (χ4v) is 2.41. The largest absolute Gasteiger partial charge is 0.491 e. The van der Waals surface area contributed by atoms with Gasteiger partial charge < -0.3 is 20.1 Å². The second-order valence-electron chi connectivity index (χ2n) is 5.33. The van der Waals surface area contributed by atoms with Gasteiger partial charge in [0.2, 0.25) is 0 Å². The van der Waals surface area contributed by atoms with Crippen LogP contribution in [0, 0.1) is 0 Å². The molecule has 0 amide bonds. The number of para-hydroxylation sites is 2. The second-order valence-corrected chi connectivity index (χ2v) is 5.33.